The topological polar surface area (TPSA) is 53.0 Å². The van der Waals surface area contributed by atoms with Gasteiger partial charge in [-0.15, -0.1) is 0 Å². The molecule has 1 saturated heterocycles. The number of urea groups is 1. The van der Waals surface area contributed by atoms with E-state index in [4.69, 9.17) is 4.74 Å². The van der Waals surface area contributed by atoms with Gasteiger partial charge in [0.25, 0.3) is 0 Å². The third-order valence-corrected chi connectivity index (χ3v) is 5.21. The normalized spacial score (nSPS) is 21.9. The quantitative estimate of drug-likeness (QED) is 0.807. The lowest BCUT2D eigenvalue weighted by molar-refractivity contribution is 0.0389. The van der Waals surface area contributed by atoms with Crippen molar-refractivity contribution in [2.45, 2.75) is 5.54 Å². The van der Waals surface area contributed by atoms with Gasteiger partial charge in [0.2, 0.25) is 0 Å². The molecule has 0 spiro atoms. The summed E-state index contributed by atoms with van der Waals surface area (Å²) in [5.41, 5.74) is -0.860. The van der Waals surface area contributed by atoms with Gasteiger partial charge in [-0.1, -0.05) is 24.3 Å². The molecule has 28 heavy (non-hydrogen) atoms. The number of amides is 2. The van der Waals surface area contributed by atoms with Crippen LogP contribution in [0.3, 0.4) is 0 Å². The first-order valence-corrected chi connectivity index (χ1v) is 9.09. The number of nitrogens with zero attached hydrogens (tertiary/aromatic N) is 2. The van der Waals surface area contributed by atoms with Gasteiger partial charge < -0.3 is 19.6 Å². The zero-order chi connectivity index (χ0) is 19.7. The third-order valence-electron chi connectivity index (χ3n) is 5.21. The van der Waals surface area contributed by atoms with Gasteiger partial charge in [0.05, 0.1) is 13.2 Å². The SMILES string of the molecule is O=C(N1CCOCC1)N1CC=CC1(c1cccc(O)c1)c1cc(F)ccc1F. The maximum atomic E-state index is 14.9. The monoisotopic (exact) mass is 386 g/mol. The summed E-state index contributed by atoms with van der Waals surface area (Å²) in [5.74, 6) is -1.25. The summed E-state index contributed by atoms with van der Waals surface area (Å²) in [5, 5.41) is 10.0. The van der Waals surface area contributed by atoms with E-state index >= 15 is 0 Å². The van der Waals surface area contributed by atoms with Crippen LogP contribution in [0.15, 0.2) is 54.6 Å². The number of hydrogen-bond acceptors (Lipinski definition) is 3. The predicted molar refractivity (Wildman–Crippen MR) is 98.9 cm³/mol. The Morgan fingerprint density at radius 1 is 1.11 bits per heavy atom. The maximum Gasteiger partial charge on any atom is 0.321 e. The van der Waals surface area contributed by atoms with Crippen molar-refractivity contribution in [1.29, 1.82) is 0 Å². The Bertz CT molecular complexity index is 928. The molecule has 2 aromatic carbocycles. The number of benzene rings is 2. The molecular weight excluding hydrogens is 366 g/mol. The molecule has 0 saturated carbocycles. The molecule has 4 rings (SSSR count). The number of rotatable bonds is 2. The van der Waals surface area contributed by atoms with E-state index < -0.39 is 17.2 Å². The summed E-state index contributed by atoms with van der Waals surface area (Å²) in [4.78, 5) is 16.5. The molecule has 0 bridgehead atoms. The smallest absolute Gasteiger partial charge is 0.321 e. The van der Waals surface area contributed by atoms with Gasteiger partial charge in [0, 0.05) is 25.2 Å². The van der Waals surface area contributed by atoms with Gasteiger partial charge in [-0.05, 0) is 35.9 Å². The fourth-order valence-electron chi connectivity index (χ4n) is 3.89. The molecule has 1 unspecified atom stereocenters. The van der Waals surface area contributed by atoms with Crippen LogP contribution in [0, 0.1) is 11.6 Å². The van der Waals surface area contributed by atoms with E-state index in [0.717, 1.165) is 18.2 Å². The Morgan fingerprint density at radius 3 is 2.64 bits per heavy atom. The van der Waals surface area contributed by atoms with Gasteiger partial charge in [-0.3, -0.25) is 0 Å². The Morgan fingerprint density at radius 2 is 1.89 bits per heavy atom. The summed E-state index contributed by atoms with van der Waals surface area (Å²) in [6, 6.07) is 9.19. The Hall–Kier alpha value is -2.93. The highest BCUT2D eigenvalue weighted by atomic mass is 19.1. The van der Waals surface area contributed by atoms with Crippen molar-refractivity contribution in [3.8, 4) is 5.75 Å². The van der Waals surface area contributed by atoms with Crippen molar-refractivity contribution in [2.75, 3.05) is 32.8 Å². The van der Waals surface area contributed by atoms with E-state index in [-0.39, 0.29) is 23.9 Å². The molecule has 1 fully saturated rings. The number of carbonyl (C=O) groups is 1. The number of hydrogen-bond donors (Lipinski definition) is 1. The van der Waals surface area contributed by atoms with Crippen LogP contribution in [-0.4, -0.2) is 53.8 Å². The average Bonchev–Trinajstić information content (AvgIpc) is 3.16. The number of phenols is 1. The molecule has 2 heterocycles. The molecule has 146 valence electrons. The van der Waals surface area contributed by atoms with Gasteiger partial charge in [0.1, 0.15) is 22.9 Å². The van der Waals surface area contributed by atoms with Crippen molar-refractivity contribution in [2.24, 2.45) is 0 Å². The summed E-state index contributed by atoms with van der Waals surface area (Å²) >= 11 is 0. The van der Waals surface area contributed by atoms with Gasteiger partial charge in [-0.2, -0.15) is 0 Å². The van der Waals surface area contributed by atoms with Crippen LogP contribution < -0.4 is 0 Å². The summed E-state index contributed by atoms with van der Waals surface area (Å²) in [7, 11) is 0. The molecule has 5 nitrogen and oxygen atoms in total. The molecular formula is C21H20F2N2O3. The third kappa shape index (κ3) is 3.01. The zero-order valence-electron chi connectivity index (χ0n) is 15.1. The Kier molecular flexibility index (Phi) is 4.77. The molecule has 1 atom stereocenters. The molecule has 0 aromatic heterocycles. The number of morpholine rings is 1. The standard InChI is InChI=1S/C21H20F2N2O3/c22-16-5-6-19(23)18(14-16)21(15-3-1-4-17(26)13-15)7-2-8-25(21)20(27)24-9-11-28-12-10-24/h1-7,13-14,26H,8-12H2. The lowest BCUT2D eigenvalue weighted by Crippen LogP contribution is -2.54. The van der Waals surface area contributed by atoms with Crippen LogP contribution in [0.1, 0.15) is 11.1 Å². The highest BCUT2D eigenvalue weighted by molar-refractivity contribution is 5.78. The zero-order valence-corrected chi connectivity index (χ0v) is 15.1. The van der Waals surface area contributed by atoms with Gasteiger partial charge >= 0.3 is 6.03 Å². The fourth-order valence-corrected chi connectivity index (χ4v) is 3.89. The Labute approximate surface area is 161 Å². The van der Waals surface area contributed by atoms with Crippen LogP contribution >= 0.6 is 0 Å². The van der Waals surface area contributed by atoms with Crippen molar-refractivity contribution >= 4 is 6.03 Å². The molecule has 0 radical (unpaired) electrons. The van der Waals surface area contributed by atoms with Crippen molar-refractivity contribution in [1.82, 2.24) is 9.80 Å². The van der Waals surface area contributed by atoms with Gasteiger partial charge in [0.15, 0.2) is 0 Å². The van der Waals surface area contributed by atoms with Crippen LogP contribution in [0.4, 0.5) is 13.6 Å². The second-order valence-corrected chi connectivity index (χ2v) is 6.84. The second kappa shape index (κ2) is 7.24. The highest BCUT2D eigenvalue weighted by Gasteiger charge is 2.46. The first kappa shape index (κ1) is 18.4. The molecule has 0 aliphatic carbocycles. The van der Waals surface area contributed by atoms with E-state index in [1.165, 1.54) is 17.0 Å². The van der Waals surface area contributed by atoms with Crippen LogP contribution in [0.25, 0.3) is 0 Å². The fraction of sp³-hybridized carbons (Fsp3) is 0.286. The molecule has 2 aromatic rings. The summed E-state index contributed by atoms with van der Waals surface area (Å²) in [6.45, 7) is 1.96. The summed E-state index contributed by atoms with van der Waals surface area (Å²) in [6.07, 6.45) is 3.45. The van der Waals surface area contributed by atoms with Crippen LogP contribution in [0.5, 0.6) is 5.75 Å². The average molecular weight is 386 g/mol. The maximum absolute atomic E-state index is 14.9. The van der Waals surface area contributed by atoms with Crippen molar-refractivity contribution in [3.05, 3.63) is 77.4 Å². The summed E-state index contributed by atoms with van der Waals surface area (Å²) < 4.78 is 34.3. The largest absolute Gasteiger partial charge is 0.508 e. The minimum atomic E-state index is -1.36. The van der Waals surface area contributed by atoms with Gasteiger partial charge in [-0.25, -0.2) is 13.6 Å². The number of ether oxygens (including phenoxy) is 1. The molecule has 1 N–H and O–H groups in total. The van der Waals surface area contributed by atoms with Crippen molar-refractivity contribution < 1.29 is 23.4 Å². The number of aromatic hydroxyl groups is 1. The lowest BCUT2D eigenvalue weighted by Gasteiger charge is -2.42. The lowest BCUT2D eigenvalue weighted by atomic mass is 9.82. The number of halogens is 2. The van der Waals surface area contributed by atoms with Crippen molar-refractivity contribution in [3.63, 3.8) is 0 Å². The number of carbonyl (C=O) groups excluding carboxylic acids is 1. The Balaban J connectivity index is 1.88. The molecule has 2 aliphatic rings. The first-order valence-electron chi connectivity index (χ1n) is 9.09. The van der Waals surface area contributed by atoms with E-state index in [9.17, 15) is 18.7 Å². The first-order chi connectivity index (χ1) is 13.5. The minimum Gasteiger partial charge on any atom is -0.508 e. The second-order valence-electron chi connectivity index (χ2n) is 6.84. The van der Waals surface area contributed by atoms with E-state index in [1.807, 2.05) is 0 Å². The molecule has 2 aliphatic heterocycles. The van der Waals surface area contributed by atoms with E-state index in [2.05, 4.69) is 0 Å². The van der Waals surface area contributed by atoms with E-state index in [0.29, 0.717) is 31.9 Å². The van der Waals surface area contributed by atoms with Crippen LogP contribution in [0.2, 0.25) is 0 Å². The van der Waals surface area contributed by atoms with Crippen LogP contribution in [-0.2, 0) is 10.3 Å². The highest BCUT2D eigenvalue weighted by Crippen LogP contribution is 2.43. The molecule has 2 amide bonds. The minimum absolute atomic E-state index is 0.0206. The number of phenolic OH excluding ortho intramolecular Hbond substituents is 1. The van der Waals surface area contributed by atoms with E-state index in [1.54, 1.807) is 29.2 Å². The predicted octanol–water partition coefficient (Wildman–Crippen LogP) is 3.24. The molecule has 7 heteroatoms.